The second-order valence-electron chi connectivity index (χ2n) is 6.40. The second-order valence-corrected chi connectivity index (χ2v) is 6.40. The Hall–Kier alpha value is -2.10. The Labute approximate surface area is 139 Å². The highest BCUT2D eigenvalue weighted by molar-refractivity contribution is 5.59. The van der Waals surface area contributed by atoms with Gasteiger partial charge in [-0.25, -0.2) is 4.98 Å². The maximum Gasteiger partial charge on any atom is 0.232 e. The van der Waals surface area contributed by atoms with E-state index in [-0.39, 0.29) is 0 Å². The molecule has 3 rings (SSSR count). The van der Waals surface area contributed by atoms with E-state index in [0.29, 0.717) is 6.04 Å². The van der Waals surface area contributed by atoms with Gasteiger partial charge in [-0.2, -0.15) is 4.98 Å². The van der Waals surface area contributed by atoms with Gasteiger partial charge in [0.25, 0.3) is 0 Å². The minimum Gasteiger partial charge on any atom is -0.367 e. The fourth-order valence-corrected chi connectivity index (χ4v) is 3.26. The molecule has 4 nitrogen and oxygen atoms in total. The molecule has 1 N–H and O–H groups in total. The Bertz CT molecular complexity index is 662. The van der Waals surface area contributed by atoms with Crippen LogP contribution in [0.15, 0.2) is 30.3 Å². The molecule has 4 heteroatoms. The molecule has 1 aliphatic carbocycles. The van der Waals surface area contributed by atoms with Crippen molar-refractivity contribution < 1.29 is 0 Å². The summed E-state index contributed by atoms with van der Waals surface area (Å²) < 4.78 is 0. The molecule has 1 aliphatic rings. The van der Waals surface area contributed by atoms with Crippen molar-refractivity contribution in [3.05, 3.63) is 41.6 Å². The topological polar surface area (TPSA) is 41.1 Å². The molecule has 0 atom stereocenters. The van der Waals surface area contributed by atoms with Crippen LogP contribution in [0.5, 0.6) is 0 Å². The van der Waals surface area contributed by atoms with Crippen LogP contribution in [0.3, 0.4) is 0 Å². The van der Waals surface area contributed by atoms with E-state index in [1.807, 2.05) is 13.0 Å². The van der Waals surface area contributed by atoms with E-state index < -0.39 is 0 Å². The van der Waals surface area contributed by atoms with Crippen molar-refractivity contribution in [1.82, 2.24) is 9.97 Å². The summed E-state index contributed by atoms with van der Waals surface area (Å²) >= 11 is 0. The highest BCUT2D eigenvalue weighted by Crippen LogP contribution is 2.26. The molecule has 0 unspecified atom stereocenters. The fraction of sp³-hybridized carbons (Fsp3) is 0.474. The molecule has 0 radical (unpaired) electrons. The summed E-state index contributed by atoms with van der Waals surface area (Å²) in [5.41, 5.74) is 3.39. The lowest BCUT2D eigenvalue weighted by Crippen LogP contribution is -2.21. The lowest BCUT2D eigenvalue weighted by Gasteiger charge is -2.23. The maximum atomic E-state index is 4.78. The van der Waals surface area contributed by atoms with Gasteiger partial charge in [-0.1, -0.05) is 25.0 Å². The van der Waals surface area contributed by atoms with Gasteiger partial charge in [0.1, 0.15) is 5.82 Å². The summed E-state index contributed by atoms with van der Waals surface area (Å²) in [6.45, 7) is 7.13. The van der Waals surface area contributed by atoms with Gasteiger partial charge in [-0.15, -0.1) is 0 Å². The third-order valence-electron chi connectivity index (χ3n) is 4.42. The summed E-state index contributed by atoms with van der Waals surface area (Å²) in [7, 11) is 0. The largest absolute Gasteiger partial charge is 0.367 e. The van der Waals surface area contributed by atoms with Crippen molar-refractivity contribution >= 4 is 17.5 Å². The number of benzene rings is 1. The molecule has 0 saturated heterocycles. The predicted molar refractivity (Wildman–Crippen MR) is 96.5 cm³/mol. The molecule has 2 aromatic rings. The van der Waals surface area contributed by atoms with Gasteiger partial charge in [0.2, 0.25) is 5.95 Å². The molecule has 0 spiro atoms. The molecule has 1 heterocycles. The first-order chi connectivity index (χ1) is 11.2. The van der Waals surface area contributed by atoms with Crippen LogP contribution >= 0.6 is 0 Å². The van der Waals surface area contributed by atoms with Gasteiger partial charge in [-0.3, -0.25) is 0 Å². The minimum absolute atomic E-state index is 0.561. The van der Waals surface area contributed by atoms with Gasteiger partial charge < -0.3 is 10.2 Å². The molecule has 122 valence electrons. The zero-order valence-electron chi connectivity index (χ0n) is 14.3. The highest BCUT2D eigenvalue weighted by Gasteiger charge is 2.17. The molecular formula is C19H26N4. The fourth-order valence-electron chi connectivity index (χ4n) is 3.26. The van der Waals surface area contributed by atoms with E-state index >= 15 is 0 Å². The van der Waals surface area contributed by atoms with Crippen molar-refractivity contribution in [2.24, 2.45) is 0 Å². The quantitative estimate of drug-likeness (QED) is 0.876. The first-order valence-electron chi connectivity index (χ1n) is 8.62. The molecule has 0 aliphatic heterocycles. The summed E-state index contributed by atoms with van der Waals surface area (Å²) in [6, 6.07) is 11.1. The number of hydrogen-bond donors (Lipinski definition) is 1. The number of anilines is 3. The van der Waals surface area contributed by atoms with E-state index in [0.717, 1.165) is 29.7 Å². The first-order valence-corrected chi connectivity index (χ1v) is 8.62. The number of hydrogen-bond acceptors (Lipinski definition) is 4. The predicted octanol–water partition coefficient (Wildman–Crippen LogP) is 4.61. The van der Waals surface area contributed by atoms with E-state index in [1.54, 1.807) is 0 Å². The van der Waals surface area contributed by atoms with Gasteiger partial charge in [0, 0.05) is 30.0 Å². The van der Waals surface area contributed by atoms with Crippen LogP contribution in [0.1, 0.15) is 43.9 Å². The van der Waals surface area contributed by atoms with Crippen molar-refractivity contribution in [1.29, 1.82) is 0 Å². The lowest BCUT2D eigenvalue weighted by molar-refractivity contribution is 0.748. The van der Waals surface area contributed by atoms with Crippen LogP contribution < -0.4 is 10.2 Å². The van der Waals surface area contributed by atoms with Crippen molar-refractivity contribution in [3.8, 4) is 0 Å². The third-order valence-corrected chi connectivity index (χ3v) is 4.42. The lowest BCUT2D eigenvalue weighted by atomic mass is 10.2. The Morgan fingerprint density at radius 2 is 1.91 bits per heavy atom. The van der Waals surface area contributed by atoms with Crippen molar-refractivity contribution in [2.75, 3.05) is 16.8 Å². The van der Waals surface area contributed by atoms with Gasteiger partial charge >= 0.3 is 0 Å². The number of nitrogens with one attached hydrogen (secondary N) is 1. The zero-order chi connectivity index (χ0) is 16.2. The summed E-state index contributed by atoms with van der Waals surface area (Å²) in [5, 5.41) is 3.59. The van der Waals surface area contributed by atoms with Crippen LogP contribution in [0.4, 0.5) is 17.5 Å². The van der Waals surface area contributed by atoms with Crippen LogP contribution in [0.2, 0.25) is 0 Å². The Morgan fingerprint density at radius 1 is 1.13 bits per heavy atom. The van der Waals surface area contributed by atoms with E-state index in [2.05, 4.69) is 53.3 Å². The summed E-state index contributed by atoms with van der Waals surface area (Å²) in [4.78, 5) is 11.6. The van der Waals surface area contributed by atoms with Gasteiger partial charge in [-0.05, 0) is 51.3 Å². The number of aromatic nitrogens is 2. The monoisotopic (exact) mass is 310 g/mol. The summed E-state index contributed by atoms with van der Waals surface area (Å²) in [5.74, 6) is 1.73. The molecule has 1 aromatic carbocycles. The van der Waals surface area contributed by atoms with Crippen LogP contribution in [-0.2, 0) is 0 Å². The van der Waals surface area contributed by atoms with Crippen LogP contribution in [0.25, 0.3) is 0 Å². The third kappa shape index (κ3) is 3.81. The molecule has 0 bridgehead atoms. The number of rotatable bonds is 5. The van der Waals surface area contributed by atoms with Crippen LogP contribution in [0, 0.1) is 13.8 Å². The summed E-state index contributed by atoms with van der Waals surface area (Å²) in [6.07, 6.45) is 5.12. The second kappa shape index (κ2) is 6.99. The number of nitrogens with zero attached hydrogens (tertiary/aromatic N) is 3. The average molecular weight is 310 g/mol. The Morgan fingerprint density at radius 3 is 2.61 bits per heavy atom. The normalized spacial score (nSPS) is 14.9. The average Bonchev–Trinajstić information content (AvgIpc) is 3.00. The minimum atomic E-state index is 0.561. The number of aryl methyl sites for hydroxylation is 2. The van der Waals surface area contributed by atoms with E-state index in [4.69, 9.17) is 4.98 Å². The smallest absolute Gasteiger partial charge is 0.232 e. The van der Waals surface area contributed by atoms with E-state index in [1.165, 1.54) is 31.2 Å². The van der Waals surface area contributed by atoms with E-state index in [9.17, 15) is 0 Å². The van der Waals surface area contributed by atoms with Crippen molar-refractivity contribution in [2.45, 2.75) is 52.5 Å². The molecule has 23 heavy (non-hydrogen) atoms. The molecule has 0 amide bonds. The van der Waals surface area contributed by atoms with Crippen molar-refractivity contribution in [3.63, 3.8) is 0 Å². The standard InChI is InChI=1S/C19H26N4/c1-4-23(17-11-7-8-14(2)12-17)19-20-15(3)13-18(22-19)21-16-9-5-6-10-16/h7-8,11-13,16H,4-6,9-10H2,1-3H3,(H,20,21,22). The maximum absolute atomic E-state index is 4.78. The highest BCUT2D eigenvalue weighted by atomic mass is 15.3. The van der Waals surface area contributed by atoms with Gasteiger partial charge in [0.05, 0.1) is 0 Å². The molecule has 1 saturated carbocycles. The molecule has 1 aromatic heterocycles. The van der Waals surface area contributed by atoms with Gasteiger partial charge in [0.15, 0.2) is 0 Å². The Balaban J connectivity index is 1.89. The first kappa shape index (κ1) is 15.8. The molecule has 1 fully saturated rings. The zero-order valence-corrected chi connectivity index (χ0v) is 14.3. The van der Waals surface area contributed by atoms with Crippen LogP contribution in [-0.4, -0.2) is 22.6 Å². The Kier molecular flexibility index (Phi) is 4.79. The SMILES string of the molecule is CCN(c1cccc(C)c1)c1nc(C)cc(NC2CCCC2)n1. The molecular weight excluding hydrogens is 284 g/mol.